The fraction of sp³-hybridized carbons (Fsp3) is 0.280. The van der Waals surface area contributed by atoms with Crippen LogP contribution in [-0.2, 0) is 0 Å². The van der Waals surface area contributed by atoms with Crippen LogP contribution in [0.5, 0.6) is 0 Å². The van der Waals surface area contributed by atoms with Crippen molar-refractivity contribution in [3.05, 3.63) is 73.6 Å². The Morgan fingerprint density at radius 2 is 1.86 bits per heavy atom. The van der Waals surface area contributed by atoms with Gasteiger partial charge in [0.1, 0.15) is 0 Å². The van der Waals surface area contributed by atoms with Gasteiger partial charge in [0, 0.05) is 25.4 Å². The fourth-order valence-electron chi connectivity index (χ4n) is 5.32. The Morgan fingerprint density at radius 1 is 1.11 bits per heavy atom. The molecular formula is C25H25BrSSi. The van der Waals surface area contributed by atoms with E-state index in [1.54, 1.807) is 5.20 Å². The first-order valence-electron chi connectivity index (χ1n) is 10.0. The summed E-state index contributed by atoms with van der Waals surface area (Å²) < 4.78 is 1.30. The van der Waals surface area contributed by atoms with Crippen molar-refractivity contribution in [1.29, 1.82) is 0 Å². The van der Waals surface area contributed by atoms with Crippen LogP contribution in [-0.4, -0.2) is 13.3 Å². The van der Waals surface area contributed by atoms with Crippen molar-refractivity contribution in [2.45, 2.75) is 49.6 Å². The van der Waals surface area contributed by atoms with Crippen molar-refractivity contribution < 1.29 is 0 Å². The smallest absolute Gasteiger partial charge is 0.0931 e. The minimum atomic E-state index is -1.77. The second-order valence-corrected chi connectivity index (χ2v) is 15.6. The molecule has 5 rings (SSSR count). The molecule has 142 valence electrons. The standard InChI is InChI=1S/C25H25BrSSi/c1-14-12-19-20(13-21-23(24(19)26)15(2)16(3)27-21)25(14)28(4,5)22-11-10-17-8-6-7-9-18(17)22/h6-13,16,22H,1-5H3. The van der Waals surface area contributed by atoms with Crippen LogP contribution in [0, 0.1) is 0 Å². The summed E-state index contributed by atoms with van der Waals surface area (Å²) in [4.78, 5) is 1.45. The molecule has 3 aliphatic rings. The van der Waals surface area contributed by atoms with Crippen LogP contribution < -0.4 is 10.4 Å². The lowest BCUT2D eigenvalue weighted by molar-refractivity contribution is 1.17. The van der Waals surface area contributed by atoms with Crippen LogP contribution in [0.25, 0.3) is 22.9 Å². The monoisotopic (exact) mass is 464 g/mol. The Morgan fingerprint density at radius 3 is 2.64 bits per heavy atom. The van der Waals surface area contributed by atoms with Gasteiger partial charge in [-0.3, -0.25) is 0 Å². The van der Waals surface area contributed by atoms with Gasteiger partial charge in [-0.05, 0) is 69.9 Å². The second kappa shape index (κ2) is 6.35. The Labute approximate surface area is 181 Å². The van der Waals surface area contributed by atoms with Gasteiger partial charge in [0.25, 0.3) is 0 Å². The van der Waals surface area contributed by atoms with Gasteiger partial charge in [0.2, 0.25) is 0 Å². The third-order valence-corrected chi connectivity index (χ3v) is 12.9. The molecule has 0 spiro atoms. The Bertz CT molecular complexity index is 1220. The van der Waals surface area contributed by atoms with Crippen LogP contribution in [0.3, 0.4) is 0 Å². The molecular weight excluding hydrogens is 440 g/mol. The molecule has 28 heavy (non-hydrogen) atoms. The summed E-state index contributed by atoms with van der Waals surface area (Å²) >= 11 is 6.00. The van der Waals surface area contributed by atoms with E-state index in [1.807, 2.05) is 11.8 Å². The number of hydrogen-bond donors (Lipinski definition) is 0. The first kappa shape index (κ1) is 18.7. The van der Waals surface area contributed by atoms with Crippen LogP contribution in [0.4, 0.5) is 0 Å². The SMILES string of the molecule is CC1=Cc2c(Br)c3c(cc2=C1[Si](C)(C)C1C=Cc2ccccc21)SC(C)C=3C. The summed E-state index contributed by atoms with van der Waals surface area (Å²) in [6.45, 7) is 12.0. The zero-order chi connectivity index (χ0) is 19.8. The zero-order valence-electron chi connectivity index (χ0n) is 17.1. The van der Waals surface area contributed by atoms with Gasteiger partial charge < -0.3 is 0 Å². The van der Waals surface area contributed by atoms with Gasteiger partial charge in [-0.2, -0.15) is 0 Å². The Balaban J connectivity index is 1.76. The lowest BCUT2D eigenvalue weighted by Crippen LogP contribution is -2.39. The van der Waals surface area contributed by atoms with Gasteiger partial charge in [-0.25, -0.2) is 0 Å². The molecule has 0 N–H and O–H groups in total. The molecule has 2 atom stereocenters. The zero-order valence-corrected chi connectivity index (χ0v) is 20.5. The minimum Gasteiger partial charge on any atom is -0.118 e. The third-order valence-electron chi connectivity index (χ3n) is 6.82. The fourth-order valence-corrected chi connectivity index (χ4v) is 11.5. The predicted molar refractivity (Wildman–Crippen MR) is 131 cm³/mol. The van der Waals surface area contributed by atoms with E-state index in [2.05, 4.69) is 98.4 Å². The van der Waals surface area contributed by atoms with Crippen molar-refractivity contribution in [2.24, 2.45) is 0 Å². The lowest BCUT2D eigenvalue weighted by atomic mass is 10.1. The van der Waals surface area contributed by atoms with Gasteiger partial charge in [0.05, 0.1) is 8.07 Å². The van der Waals surface area contributed by atoms with Gasteiger partial charge in [-0.15, -0.1) is 11.8 Å². The molecule has 0 aromatic heterocycles. The molecule has 0 radical (unpaired) electrons. The number of fused-ring (bicyclic) bond motifs is 3. The predicted octanol–water partition coefficient (Wildman–Crippen LogP) is 6.28. The first-order valence-corrected chi connectivity index (χ1v) is 14.8. The molecule has 0 bridgehead atoms. The maximum atomic E-state index is 3.99. The van der Waals surface area contributed by atoms with Gasteiger partial charge >= 0.3 is 0 Å². The average molecular weight is 466 g/mol. The molecule has 1 aliphatic heterocycles. The molecule has 2 unspecified atom stereocenters. The first-order chi connectivity index (χ1) is 13.3. The average Bonchev–Trinajstić information content (AvgIpc) is 3.30. The summed E-state index contributed by atoms with van der Waals surface area (Å²) in [7, 11) is -1.77. The molecule has 2 aromatic rings. The van der Waals surface area contributed by atoms with E-state index in [-0.39, 0.29) is 0 Å². The third kappa shape index (κ3) is 2.49. The largest absolute Gasteiger partial charge is 0.118 e. The van der Waals surface area contributed by atoms with Gasteiger partial charge in [0.15, 0.2) is 0 Å². The number of hydrogen-bond acceptors (Lipinski definition) is 1. The van der Waals surface area contributed by atoms with E-state index in [9.17, 15) is 0 Å². The van der Waals surface area contributed by atoms with Crippen LogP contribution in [0.15, 0.2) is 51.3 Å². The molecule has 2 aliphatic carbocycles. The number of benzene rings is 2. The topological polar surface area (TPSA) is 0 Å². The van der Waals surface area contributed by atoms with E-state index >= 15 is 0 Å². The van der Waals surface area contributed by atoms with Crippen molar-refractivity contribution >= 4 is 58.7 Å². The normalized spacial score (nSPS) is 22.4. The maximum Gasteiger partial charge on any atom is 0.0931 e. The van der Waals surface area contributed by atoms with E-state index < -0.39 is 8.07 Å². The van der Waals surface area contributed by atoms with Crippen molar-refractivity contribution in [1.82, 2.24) is 0 Å². The number of rotatable bonds is 2. The molecule has 1 heterocycles. The molecule has 3 heteroatoms. The van der Waals surface area contributed by atoms with Crippen LogP contribution in [0.2, 0.25) is 13.1 Å². The number of allylic oxidation sites excluding steroid dienone is 2. The molecule has 0 fully saturated rings. The highest BCUT2D eigenvalue weighted by molar-refractivity contribution is 9.10. The Kier molecular flexibility index (Phi) is 4.25. The summed E-state index contributed by atoms with van der Waals surface area (Å²) in [6.07, 6.45) is 7.22. The van der Waals surface area contributed by atoms with E-state index in [0.29, 0.717) is 10.8 Å². The molecule has 2 aromatic carbocycles. The summed E-state index contributed by atoms with van der Waals surface area (Å²) in [5.74, 6) is 0. The molecule has 0 amide bonds. The Hall–Kier alpha value is -1.29. The summed E-state index contributed by atoms with van der Waals surface area (Å²) in [6, 6.07) is 11.4. The molecule has 0 saturated heterocycles. The second-order valence-electron chi connectivity index (χ2n) is 8.86. The highest BCUT2D eigenvalue weighted by Crippen LogP contribution is 2.44. The summed E-state index contributed by atoms with van der Waals surface area (Å²) in [5, 5.41) is 5.12. The number of thioether (sulfide) groups is 1. The van der Waals surface area contributed by atoms with Crippen molar-refractivity contribution in [2.75, 3.05) is 0 Å². The van der Waals surface area contributed by atoms with Gasteiger partial charge in [-0.1, -0.05) is 66.7 Å². The highest BCUT2D eigenvalue weighted by atomic mass is 79.9. The van der Waals surface area contributed by atoms with Crippen molar-refractivity contribution in [3.63, 3.8) is 0 Å². The van der Waals surface area contributed by atoms with Crippen LogP contribution in [0.1, 0.15) is 43.0 Å². The minimum absolute atomic E-state index is 0.542. The van der Waals surface area contributed by atoms with Crippen molar-refractivity contribution in [3.8, 4) is 0 Å². The molecule has 0 nitrogen and oxygen atoms in total. The van der Waals surface area contributed by atoms with E-state index in [4.69, 9.17) is 0 Å². The maximum absolute atomic E-state index is 3.99. The molecule has 0 saturated carbocycles. The lowest BCUT2D eigenvalue weighted by Gasteiger charge is -2.32. The van der Waals surface area contributed by atoms with Crippen LogP contribution >= 0.6 is 27.7 Å². The number of halogens is 1. The quantitative estimate of drug-likeness (QED) is 0.471. The summed E-state index contributed by atoms with van der Waals surface area (Å²) in [5.41, 5.74) is 7.82. The van der Waals surface area contributed by atoms with E-state index in [0.717, 1.165) is 0 Å². The highest BCUT2D eigenvalue weighted by Gasteiger charge is 2.40. The van der Waals surface area contributed by atoms with E-state index in [1.165, 1.54) is 47.6 Å².